The summed E-state index contributed by atoms with van der Waals surface area (Å²) in [5.41, 5.74) is 3.23. The molecule has 3 rings (SSSR count). The van der Waals surface area contributed by atoms with Crippen LogP contribution in [0.15, 0.2) is 48.5 Å². The molecule has 160 valence electrons. The first-order valence-electron chi connectivity index (χ1n) is 10.2. The standard InChI is InChI=1S/C23H29ClN4O2/c1-17-3-7-19(8-4-17)21(28-13-11-27(2)12-14-28)16-26-23(30)22(29)25-15-18-5-9-20(24)10-6-18/h3-10,21H,11-16H2,1-2H3,(H,25,29)(H,26,30)/t21-/m1/s1. The number of aryl methyl sites for hydroxylation is 1. The zero-order valence-electron chi connectivity index (χ0n) is 17.5. The van der Waals surface area contributed by atoms with Gasteiger partial charge in [-0.2, -0.15) is 0 Å². The maximum Gasteiger partial charge on any atom is 0.309 e. The van der Waals surface area contributed by atoms with E-state index in [2.05, 4.69) is 58.7 Å². The second kappa shape index (κ2) is 10.6. The van der Waals surface area contributed by atoms with Crippen molar-refractivity contribution < 1.29 is 9.59 Å². The summed E-state index contributed by atoms with van der Waals surface area (Å²) >= 11 is 5.87. The first-order chi connectivity index (χ1) is 14.4. The Hall–Kier alpha value is -2.41. The Bertz CT molecular complexity index is 847. The summed E-state index contributed by atoms with van der Waals surface area (Å²) in [7, 11) is 2.12. The number of piperazine rings is 1. The highest BCUT2D eigenvalue weighted by Crippen LogP contribution is 2.22. The molecule has 1 fully saturated rings. The van der Waals surface area contributed by atoms with Crippen LogP contribution in [0.25, 0.3) is 0 Å². The lowest BCUT2D eigenvalue weighted by atomic mass is 10.0. The van der Waals surface area contributed by atoms with Crippen molar-refractivity contribution in [2.24, 2.45) is 0 Å². The van der Waals surface area contributed by atoms with Crippen molar-refractivity contribution in [2.45, 2.75) is 19.5 Å². The van der Waals surface area contributed by atoms with Gasteiger partial charge in [-0.25, -0.2) is 0 Å². The van der Waals surface area contributed by atoms with E-state index in [9.17, 15) is 9.59 Å². The minimum absolute atomic E-state index is 0.0346. The van der Waals surface area contributed by atoms with E-state index < -0.39 is 11.8 Å². The lowest BCUT2D eigenvalue weighted by Crippen LogP contribution is -2.49. The summed E-state index contributed by atoms with van der Waals surface area (Å²) in [4.78, 5) is 29.3. The van der Waals surface area contributed by atoms with Gasteiger partial charge in [-0.05, 0) is 37.2 Å². The average Bonchev–Trinajstić information content (AvgIpc) is 2.75. The van der Waals surface area contributed by atoms with Crippen LogP contribution in [0.2, 0.25) is 5.02 Å². The molecule has 0 spiro atoms. The molecule has 6 nitrogen and oxygen atoms in total. The van der Waals surface area contributed by atoms with Crippen molar-refractivity contribution >= 4 is 23.4 Å². The topological polar surface area (TPSA) is 64.7 Å². The molecular weight excluding hydrogens is 400 g/mol. The van der Waals surface area contributed by atoms with Crippen LogP contribution >= 0.6 is 11.6 Å². The van der Waals surface area contributed by atoms with Gasteiger partial charge in [0.25, 0.3) is 0 Å². The molecule has 2 amide bonds. The molecule has 0 aliphatic carbocycles. The van der Waals surface area contributed by atoms with Gasteiger partial charge >= 0.3 is 11.8 Å². The van der Waals surface area contributed by atoms with Crippen LogP contribution in [-0.2, 0) is 16.1 Å². The maximum absolute atomic E-state index is 12.4. The number of amides is 2. The van der Waals surface area contributed by atoms with Crippen LogP contribution in [0.1, 0.15) is 22.7 Å². The van der Waals surface area contributed by atoms with Crippen molar-refractivity contribution in [1.29, 1.82) is 0 Å². The monoisotopic (exact) mass is 428 g/mol. The Kier molecular flexibility index (Phi) is 7.85. The molecular formula is C23H29ClN4O2. The minimum atomic E-state index is -0.633. The van der Waals surface area contributed by atoms with Crippen molar-refractivity contribution in [3.8, 4) is 0 Å². The fourth-order valence-corrected chi connectivity index (χ4v) is 3.64. The van der Waals surface area contributed by atoms with E-state index in [0.29, 0.717) is 11.6 Å². The number of carbonyl (C=O) groups excluding carboxylic acids is 2. The zero-order valence-corrected chi connectivity index (χ0v) is 18.3. The van der Waals surface area contributed by atoms with E-state index in [0.717, 1.165) is 37.3 Å². The number of likely N-dealkylation sites (N-methyl/N-ethyl adjacent to an activating group) is 1. The number of hydrogen-bond acceptors (Lipinski definition) is 4. The van der Waals surface area contributed by atoms with Crippen LogP contribution in [0.5, 0.6) is 0 Å². The van der Waals surface area contributed by atoms with Crippen molar-refractivity contribution in [1.82, 2.24) is 20.4 Å². The highest BCUT2D eigenvalue weighted by Gasteiger charge is 2.25. The molecule has 0 unspecified atom stereocenters. The van der Waals surface area contributed by atoms with Gasteiger partial charge in [0.05, 0.1) is 6.04 Å². The van der Waals surface area contributed by atoms with Gasteiger partial charge in [0.2, 0.25) is 0 Å². The number of nitrogens with one attached hydrogen (secondary N) is 2. The number of carbonyl (C=O) groups is 2. The first kappa shape index (κ1) is 22.3. The van der Waals surface area contributed by atoms with Gasteiger partial charge in [0.1, 0.15) is 0 Å². The van der Waals surface area contributed by atoms with E-state index in [1.807, 2.05) is 12.1 Å². The normalized spacial score (nSPS) is 16.1. The molecule has 0 aromatic heterocycles. The smallest absolute Gasteiger partial charge is 0.309 e. The molecule has 2 aromatic carbocycles. The molecule has 1 heterocycles. The van der Waals surface area contributed by atoms with Crippen LogP contribution in [0, 0.1) is 6.92 Å². The van der Waals surface area contributed by atoms with Crippen LogP contribution < -0.4 is 10.6 Å². The molecule has 0 radical (unpaired) electrons. The Morgan fingerprint density at radius 3 is 2.17 bits per heavy atom. The fourth-order valence-electron chi connectivity index (χ4n) is 3.51. The number of rotatable bonds is 6. The van der Waals surface area contributed by atoms with Crippen molar-refractivity contribution in [3.05, 3.63) is 70.2 Å². The van der Waals surface area contributed by atoms with Gasteiger partial charge in [0, 0.05) is 44.3 Å². The van der Waals surface area contributed by atoms with Gasteiger partial charge in [-0.15, -0.1) is 0 Å². The molecule has 2 N–H and O–H groups in total. The molecule has 0 bridgehead atoms. The lowest BCUT2D eigenvalue weighted by molar-refractivity contribution is -0.139. The molecule has 30 heavy (non-hydrogen) atoms. The second-order valence-electron chi connectivity index (χ2n) is 7.78. The zero-order chi connectivity index (χ0) is 21.5. The highest BCUT2D eigenvalue weighted by molar-refractivity contribution is 6.35. The number of nitrogens with zero attached hydrogens (tertiary/aromatic N) is 2. The largest absolute Gasteiger partial charge is 0.346 e. The van der Waals surface area contributed by atoms with Gasteiger partial charge in [0.15, 0.2) is 0 Å². The molecule has 1 aliphatic rings. The number of halogens is 1. The SMILES string of the molecule is Cc1ccc([C@@H](CNC(=O)C(=O)NCc2ccc(Cl)cc2)N2CCN(C)CC2)cc1. The Labute approximate surface area is 183 Å². The highest BCUT2D eigenvalue weighted by atomic mass is 35.5. The molecule has 1 saturated heterocycles. The third-order valence-electron chi connectivity index (χ3n) is 5.47. The first-order valence-corrected chi connectivity index (χ1v) is 10.6. The number of benzene rings is 2. The quantitative estimate of drug-likeness (QED) is 0.693. The van der Waals surface area contributed by atoms with E-state index >= 15 is 0 Å². The van der Waals surface area contributed by atoms with Gasteiger partial charge in [-0.1, -0.05) is 53.6 Å². The summed E-state index contributed by atoms with van der Waals surface area (Å²) in [5, 5.41) is 6.12. The number of hydrogen-bond donors (Lipinski definition) is 2. The second-order valence-corrected chi connectivity index (χ2v) is 8.22. The van der Waals surface area contributed by atoms with Crippen molar-refractivity contribution in [3.63, 3.8) is 0 Å². The third kappa shape index (κ3) is 6.29. The van der Waals surface area contributed by atoms with Crippen LogP contribution in [0.3, 0.4) is 0 Å². The summed E-state index contributed by atoms with van der Waals surface area (Å²) in [6.45, 7) is 6.54. The summed E-state index contributed by atoms with van der Waals surface area (Å²) in [6.07, 6.45) is 0. The van der Waals surface area contributed by atoms with E-state index in [4.69, 9.17) is 11.6 Å². The van der Waals surface area contributed by atoms with E-state index in [-0.39, 0.29) is 12.6 Å². The summed E-state index contributed by atoms with van der Waals surface area (Å²) < 4.78 is 0. The van der Waals surface area contributed by atoms with Crippen LogP contribution in [0.4, 0.5) is 0 Å². The summed E-state index contributed by atoms with van der Waals surface area (Å²) in [6, 6.07) is 15.6. The summed E-state index contributed by atoms with van der Waals surface area (Å²) in [5.74, 6) is -1.25. The fraction of sp³-hybridized carbons (Fsp3) is 0.391. The van der Waals surface area contributed by atoms with E-state index in [1.54, 1.807) is 12.1 Å². The molecule has 7 heteroatoms. The molecule has 2 aromatic rings. The third-order valence-corrected chi connectivity index (χ3v) is 5.72. The lowest BCUT2D eigenvalue weighted by Gasteiger charge is -2.38. The van der Waals surface area contributed by atoms with Gasteiger partial charge in [-0.3, -0.25) is 14.5 Å². The van der Waals surface area contributed by atoms with Crippen molar-refractivity contribution in [2.75, 3.05) is 39.8 Å². The Morgan fingerprint density at radius 1 is 0.933 bits per heavy atom. The maximum atomic E-state index is 12.4. The van der Waals surface area contributed by atoms with Gasteiger partial charge < -0.3 is 15.5 Å². The molecule has 1 aliphatic heterocycles. The molecule has 1 atom stereocenters. The minimum Gasteiger partial charge on any atom is -0.346 e. The Morgan fingerprint density at radius 2 is 1.53 bits per heavy atom. The van der Waals surface area contributed by atoms with E-state index in [1.165, 1.54) is 5.56 Å². The Balaban J connectivity index is 1.58. The predicted octanol–water partition coefficient (Wildman–Crippen LogP) is 2.37. The van der Waals surface area contributed by atoms with Crippen LogP contribution in [-0.4, -0.2) is 61.4 Å². The average molecular weight is 429 g/mol. The molecule has 0 saturated carbocycles. The predicted molar refractivity (Wildman–Crippen MR) is 119 cm³/mol.